The maximum atomic E-state index is 5.63. The van der Waals surface area contributed by atoms with Crippen LogP contribution < -0.4 is 5.73 Å². The van der Waals surface area contributed by atoms with Gasteiger partial charge in [0.05, 0.1) is 0 Å². The van der Waals surface area contributed by atoms with Gasteiger partial charge in [-0.05, 0) is 36.4 Å². The molecular weight excluding hydrogens is 160 g/mol. The Morgan fingerprint density at radius 2 is 1.69 bits per heavy atom. The fourth-order valence-electron chi connectivity index (χ4n) is 1.54. The molecule has 0 spiro atoms. The van der Waals surface area contributed by atoms with Gasteiger partial charge < -0.3 is 5.73 Å². The highest BCUT2D eigenvalue weighted by Crippen LogP contribution is 2.22. The van der Waals surface area contributed by atoms with Crippen molar-refractivity contribution in [2.75, 3.05) is 5.73 Å². The van der Waals surface area contributed by atoms with Gasteiger partial charge in [-0.1, -0.05) is 12.1 Å². The quantitative estimate of drug-likeness (QED) is 0.662. The molecule has 2 rings (SSSR count). The van der Waals surface area contributed by atoms with Gasteiger partial charge in [0.25, 0.3) is 0 Å². The molecule has 2 aromatic rings. The van der Waals surface area contributed by atoms with Crippen molar-refractivity contribution < 1.29 is 0 Å². The molecule has 0 fully saturated rings. The fourth-order valence-corrected chi connectivity index (χ4v) is 1.54. The zero-order chi connectivity index (χ0) is 9.42. The zero-order valence-electron chi connectivity index (χ0n) is 7.83. The van der Waals surface area contributed by atoms with Crippen molar-refractivity contribution in [3.05, 3.63) is 35.5 Å². The summed E-state index contributed by atoms with van der Waals surface area (Å²) in [6.45, 7) is 4.17. The topological polar surface area (TPSA) is 38.9 Å². The number of pyridine rings is 1. The van der Waals surface area contributed by atoms with Crippen LogP contribution in [0.3, 0.4) is 0 Å². The van der Waals surface area contributed by atoms with Crippen LogP contribution in [0.15, 0.2) is 24.4 Å². The molecule has 0 aliphatic heterocycles. The number of aromatic nitrogens is 1. The van der Waals surface area contributed by atoms with E-state index >= 15 is 0 Å². The highest BCUT2D eigenvalue weighted by molar-refractivity contribution is 5.89. The van der Waals surface area contributed by atoms with E-state index in [1.54, 1.807) is 0 Å². The molecule has 0 saturated carbocycles. The third-order valence-corrected chi connectivity index (χ3v) is 2.36. The SMILES string of the molecule is Cc1ccc(C)c2cc(N)ncc12. The number of hydrogen-bond donors (Lipinski definition) is 1. The number of benzene rings is 1. The maximum absolute atomic E-state index is 5.63. The molecule has 0 atom stereocenters. The van der Waals surface area contributed by atoms with Crippen molar-refractivity contribution in [3.8, 4) is 0 Å². The van der Waals surface area contributed by atoms with Crippen LogP contribution in [0.4, 0.5) is 5.82 Å². The van der Waals surface area contributed by atoms with Crippen molar-refractivity contribution >= 4 is 16.6 Å². The van der Waals surface area contributed by atoms with Crippen LogP contribution >= 0.6 is 0 Å². The number of hydrogen-bond acceptors (Lipinski definition) is 2. The Morgan fingerprint density at radius 1 is 1.08 bits per heavy atom. The molecule has 2 nitrogen and oxygen atoms in total. The van der Waals surface area contributed by atoms with Gasteiger partial charge in [0.1, 0.15) is 5.82 Å². The van der Waals surface area contributed by atoms with Crippen LogP contribution in [0.2, 0.25) is 0 Å². The number of aryl methyl sites for hydroxylation is 2. The van der Waals surface area contributed by atoms with E-state index in [0.717, 1.165) is 0 Å². The van der Waals surface area contributed by atoms with Crippen LogP contribution in [-0.4, -0.2) is 4.98 Å². The molecule has 1 heterocycles. The standard InChI is InChI=1S/C11H12N2/c1-7-3-4-8(2)10-6-13-11(12)5-9(7)10/h3-6H,1-2H3,(H2,12,13). The van der Waals surface area contributed by atoms with E-state index in [1.807, 2.05) is 12.3 Å². The summed E-state index contributed by atoms with van der Waals surface area (Å²) in [6, 6.07) is 6.14. The van der Waals surface area contributed by atoms with Gasteiger partial charge in [-0.15, -0.1) is 0 Å². The molecule has 1 aromatic carbocycles. The molecule has 0 bridgehead atoms. The molecule has 13 heavy (non-hydrogen) atoms. The normalized spacial score (nSPS) is 10.6. The average Bonchev–Trinajstić information content (AvgIpc) is 2.12. The maximum Gasteiger partial charge on any atom is 0.123 e. The summed E-state index contributed by atoms with van der Waals surface area (Å²) < 4.78 is 0. The molecule has 0 aliphatic rings. The number of nitrogens with two attached hydrogens (primary N) is 1. The lowest BCUT2D eigenvalue weighted by Crippen LogP contribution is -1.91. The molecule has 0 aliphatic carbocycles. The lowest BCUT2D eigenvalue weighted by atomic mass is 10.0. The Hall–Kier alpha value is -1.57. The first kappa shape index (κ1) is 8.05. The monoisotopic (exact) mass is 172 g/mol. The summed E-state index contributed by atoms with van der Waals surface area (Å²) in [7, 11) is 0. The van der Waals surface area contributed by atoms with E-state index in [2.05, 4.69) is 31.0 Å². The Labute approximate surface area is 77.4 Å². The lowest BCUT2D eigenvalue weighted by molar-refractivity contribution is 1.34. The number of rotatable bonds is 0. The predicted molar refractivity (Wildman–Crippen MR) is 55.6 cm³/mol. The average molecular weight is 172 g/mol. The molecular formula is C11H12N2. The first-order valence-electron chi connectivity index (χ1n) is 4.30. The summed E-state index contributed by atoms with van der Waals surface area (Å²) in [4.78, 5) is 4.09. The van der Waals surface area contributed by atoms with Crippen molar-refractivity contribution in [1.82, 2.24) is 4.98 Å². The van der Waals surface area contributed by atoms with E-state index in [9.17, 15) is 0 Å². The van der Waals surface area contributed by atoms with Crippen LogP contribution in [-0.2, 0) is 0 Å². The van der Waals surface area contributed by atoms with Crippen LogP contribution in [0.25, 0.3) is 10.8 Å². The van der Waals surface area contributed by atoms with E-state index in [1.165, 1.54) is 21.9 Å². The summed E-state index contributed by atoms with van der Waals surface area (Å²) in [6.07, 6.45) is 1.84. The Morgan fingerprint density at radius 3 is 2.38 bits per heavy atom. The highest BCUT2D eigenvalue weighted by atomic mass is 14.8. The number of nitrogens with zero attached hydrogens (tertiary/aromatic N) is 1. The Balaban J connectivity index is 2.92. The second-order valence-electron chi connectivity index (χ2n) is 3.35. The molecule has 0 amide bonds. The van der Waals surface area contributed by atoms with Gasteiger partial charge >= 0.3 is 0 Å². The second kappa shape index (κ2) is 2.73. The molecule has 2 N–H and O–H groups in total. The van der Waals surface area contributed by atoms with Gasteiger partial charge in [0.15, 0.2) is 0 Å². The third-order valence-electron chi connectivity index (χ3n) is 2.36. The predicted octanol–water partition coefficient (Wildman–Crippen LogP) is 2.43. The molecule has 1 aromatic heterocycles. The Bertz CT molecular complexity index is 461. The summed E-state index contributed by atoms with van der Waals surface area (Å²) >= 11 is 0. The van der Waals surface area contributed by atoms with E-state index in [0.29, 0.717) is 5.82 Å². The third kappa shape index (κ3) is 1.24. The smallest absolute Gasteiger partial charge is 0.123 e. The van der Waals surface area contributed by atoms with Crippen LogP contribution in [0, 0.1) is 13.8 Å². The van der Waals surface area contributed by atoms with Crippen molar-refractivity contribution in [2.45, 2.75) is 13.8 Å². The highest BCUT2D eigenvalue weighted by Gasteiger charge is 2.00. The Kier molecular flexibility index (Phi) is 1.69. The number of fused-ring (bicyclic) bond motifs is 1. The van der Waals surface area contributed by atoms with E-state index in [4.69, 9.17) is 5.73 Å². The first-order chi connectivity index (χ1) is 6.18. The number of anilines is 1. The van der Waals surface area contributed by atoms with Gasteiger partial charge in [-0.2, -0.15) is 0 Å². The largest absolute Gasteiger partial charge is 0.384 e. The zero-order valence-corrected chi connectivity index (χ0v) is 7.83. The van der Waals surface area contributed by atoms with Crippen LogP contribution in [0.1, 0.15) is 11.1 Å². The lowest BCUT2D eigenvalue weighted by Gasteiger charge is -2.05. The molecule has 66 valence electrons. The van der Waals surface area contributed by atoms with E-state index in [-0.39, 0.29) is 0 Å². The minimum absolute atomic E-state index is 0.584. The van der Waals surface area contributed by atoms with E-state index < -0.39 is 0 Å². The van der Waals surface area contributed by atoms with Gasteiger partial charge in [-0.3, -0.25) is 0 Å². The molecule has 0 radical (unpaired) electrons. The second-order valence-corrected chi connectivity index (χ2v) is 3.35. The van der Waals surface area contributed by atoms with Gasteiger partial charge in [0, 0.05) is 11.6 Å². The van der Waals surface area contributed by atoms with Crippen molar-refractivity contribution in [3.63, 3.8) is 0 Å². The molecule has 0 unspecified atom stereocenters. The summed E-state index contributed by atoms with van der Waals surface area (Å²) in [5.74, 6) is 0.584. The van der Waals surface area contributed by atoms with Crippen molar-refractivity contribution in [2.24, 2.45) is 0 Å². The fraction of sp³-hybridized carbons (Fsp3) is 0.182. The molecule has 2 heteroatoms. The van der Waals surface area contributed by atoms with Crippen LogP contribution in [0.5, 0.6) is 0 Å². The molecule has 0 saturated heterocycles. The first-order valence-corrected chi connectivity index (χ1v) is 4.30. The van der Waals surface area contributed by atoms with Crippen molar-refractivity contribution in [1.29, 1.82) is 0 Å². The minimum atomic E-state index is 0.584. The summed E-state index contributed by atoms with van der Waals surface area (Å²) in [5, 5.41) is 2.39. The van der Waals surface area contributed by atoms with Gasteiger partial charge in [0.2, 0.25) is 0 Å². The minimum Gasteiger partial charge on any atom is -0.384 e. The summed E-state index contributed by atoms with van der Waals surface area (Å²) in [5.41, 5.74) is 8.12. The number of nitrogen functional groups attached to an aromatic ring is 1. The van der Waals surface area contributed by atoms with Gasteiger partial charge in [-0.25, -0.2) is 4.98 Å².